The van der Waals surface area contributed by atoms with Gasteiger partial charge in [-0.05, 0) is 111 Å². The van der Waals surface area contributed by atoms with Gasteiger partial charge >= 0.3 is 0 Å². The van der Waals surface area contributed by atoms with Gasteiger partial charge in [-0.1, -0.05) is 151 Å². The van der Waals surface area contributed by atoms with Crippen molar-refractivity contribution in [3.05, 3.63) is 209 Å². The van der Waals surface area contributed by atoms with Crippen LogP contribution < -0.4 is 11.1 Å². The van der Waals surface area contributed by atoms with Crippen LogP contribution in [0.5, 0.6) is 0 Å². The monoisotopic (exact) mass is 725 g/mol. The number of furan rings is 1. The van der Waals surface area contributed by atoms with Crippen molar-refractivity contribution in [2.45, 2.75) is 26.3 Å². The number of rotatable bonds is 6. The third kappa shape index (κ3) is 7.17. The number of nitrogens with one attached hydrogen (secondary N) is 1. The fraction of sp³-hybridized carbons (Fsp3) is 0.0962. The maximum absolute atomic E-state index is 6.50. The summed E-state index contributed by atoms with van der Waals surface area (Å²) >= 11 is 0. The Bertz CT molecular complexity index is 2890. The van der Waals surface area contributed by atoms with Gasteiger partial charge in [-0.2, -0.15) is 0 Å². The SMILES string of the molecule is Cc1ccccc1.NC(=NCc1ccc2oc3cccc(C4=CC=C(c5ccc6c(ccc7ccccc76)c5)NC4)c3c2c1)C1=CC=C(c2ccccc2)CC1. The third-order valence-corrected chi connectivity index (χ3v) is 10.9. The number of fused-ring (bicyclic) bond motifs is 6. The molecule has 0 saturated carbocycles. The molecule has 272 valence electrons. The molecule has 8 aromatic rings. The number of allylic oxidation sites excluding steroid dienone is 5. The van der Waals surface area contributed by atoms with E-state index in [1.165, 1.54) is 54.9 Å². The number of aliphatic imine (C=N–C) groups is 1. The largest absolute Gasteiger partial charge is 0.456 e. The van der Waals surface area contributed by atoms with Crippen LogP contribution in [0.2, 0.25) is 0 Å². The van der Waals surface area contributed by atoms with E-state index in [1.54, 1.807) is 0 Å². The number of amidine groups is 1. The van der Waals surface area contributed by atoms with Crippen LogP contribution in [0.1, 0.15) is 40.7 Å². The maximum atomic E-state index is 6.50. The molecule has 4 heteroatoms. The second kappa shape index (κ2) is 15.4. The van der Waals surface area contributed by atoms with Crippen LogP contribution in [0.4, 0.5) is 0 Å². The normalized spacial score (nSPS) is 14.4. The lowest BCUT2D eigenvalue weighted by Crippen LogP contribution is -2.18. The van der Waals surface area contributed by atoms with Gasteiger partial charge < -0.3 is 15.5 Å². The summed E-state index contributed by atoms with van der Waals surface area (Å²) in [6, 6.07) is 53.2. The Morgan fingerprint density at radius 1 is 0.607 bits per heavy atom. The molecule has 1 aromatic heterocycles. The lowest BCUT2D eigenvalue weighted by atomic mass is 9.93. The zero-order valence-electron chi connectivity index (χ0n) is 31.5. The van der Waals surface area contributed by atoms with E-state index in [0.29, 0.717) is 12.4 Å². The first-order valence-corrected chi connectivity index (χ1v) is 19.4. The number of hydrogen-bond donors (Lipinski definition) is 2. The highest BCUT2D eigenvalue weighted by Crippen LogP contribution is 2.37. The van der Waals surface area contributed by atoms with Crippen molar-refractivity contribution < 1.29 is 4.42 Å². The average molecular weight is 726 g/mol. The molecule has 10 rings (SSSR count). The van der Waals surface area contributed by atoms with E-state index in [1.807, 2.05) is 18.2 Å². The number of hydrogen-bond acceptors (Lipinski definition) is 3. The quantitative estimate of drug-likeness (QED) is 0.102. The van der Waals surface area contributed by atoms with Gasteiger partial charge in [0.2, 0.25) is 0 Å². The summed E-state index contributed by atoms with van der Waals surface area (Å²) < 4.78 is 6.33. The fourth-order valence-electron chi connectivity index (χ4n) is 7.85. The van der Waals surface area contributed by atoms with Crippen LogP contribution in [-0.4, -0.2) is 12.4 Å². The van der Waals surface area contributed by atoms with Crippen molar-refractivity contribution in [3.8, 4) is 0 Å². The van der Waals surface area contributed by atoms with E-state index >= 15 is 0 Å². The second-order valence-electron chi connectivity index (χ2n) is 14.6. The van der Waals surface area contributed by atoms with Crippen LogP contribution in [0, 0.1) is 6.92 Å². The Morgan fingerprint density at radius 3 is 2.14 bits per heavy atom. The van der Waals surface area contributed by atoms with E-state index in [-0.39, 0.29) is 0 Å². The van der Waals surface area contributed by atoms with Crippen molar-refractivity contribution in [2.24, 2.45) is 10.7 Å². The van der Waals surface area contributed by atoms with Crippen LogP contribution >= 0.6 is 0 Å². The van der Waals surface area contributed by atoms with Gasteiger partial charge in [-0.3, -0.25) is 4.99 Å². The fourth-order valence-corrected chi connectivity index (χ4v) is 7.85. The molecule has 4 nitrogen and oxygen atoms in total. The molecule has 7 aromatic carbocycles. The zero-order valence-corrected chi connectivity index (χ0v) is 31.5. The van der Waals surface area contributed by atoms with E-state index in [4.69, 9.17) is 15.1 Å². The van der Waals surface area contributed by atoms with E-state index < -0.39 is 0 Å². The highest BCUT2D eigenvalue weighted by molar-refractivity contribution is 6.11. The molecule has 0 saturated heterocycles. The Labute approximate surface area is 327 Å². The molecule has 1 aliphatic carbocycles. The van der Waals surface area contributed by atoms with Crippen molar-refractivity contribution in [1.82, 2.24) is 5.32 Å². The minimum absolute atomic E-state index is 0.515. The van der Waals surface area contributed by atoms with Gasteiger partial charge in [0.25, 0.3) is 0 Å². The predicted molar refractivity (Wildman–Crippen MR) is 237 cm³/mol. The lowest BCUT2D eigenvalue weighted by Gasteiger charge is -2.19. The molecule has 2 aliphatic rings. The van der Waals surface area contributed by atoms with E-state index in [9.17, 15) is 0 Å². The number of nitrogens with two attached hydrogens (primary N) is 1. The highest BCUT2D eigenvalue weighted by atomic mass is 16.3. The van der Waals surface area contributed by atoms with E-state index in [2.05, 4.69) is 170 Å². The van der Waals surface area contributed by atoms with Gasteiger partial charge in [-0.15, -0.1) is 0 Å². The first-order valence-electron chi connectivity index (χ1n) is 19.4. The van der Waals surface area contributed by atoms with E-state index in [0.717, 1.165) is 58.2 Å². The van der Waals surface area contributed by atoms with Crippen LogP contribution in [0.3, 0.4) is 0 Å². The number of aryl methyl sites for hydroxylation is 1. The highest BCUT2D eigenvalue weighted by Gasteiger charge is 2.17. The average Bonchev–Trinajstić information content (AvgIpc) is 3.64. The van der Waals surface area contributed by atoms with Gasteiger partial charge in [-0.25, -0.2) is 0 Å². The summed E-state index contributed by atoms with van der Waals surface area (Å²) in [5, 5.41) is 11.0. The Hall–Kier alpha value is -6.91. The minimum atomic E-state index is 0.515. The van der Waals surface area contributed by atoms with Crippen LogP contribution in [0.25, 0.3) is 60.3 Å². The smallest absolute Gasteiger partial charge is 0.136 e. The summed E-state index contributed by atoms with van der Waals surface area (Å²) in [6.07, 6.45) is 10.6. The molecule has 0 spiro atoms. The number of benzene rings is 7. The molecule has 0 fully saturated rings. The van der Waals surface area contributed by atoms with Crippen LogP contribution in [-0.2, 0) is 6.54 Å². The second-order valence-corrected chi connectivity index (χ2v) is 14.6. The standard InChI is InChI=1S/C45H35N3O.C7H8/c46-45(33-17-14-31(15-18-33)30-7-2-1-3-8-30)48-27-29-13-24-42-40(25-29)44-39(11-6-12-43(44)49-42)36-21-23-41(47-28-36)35-20-22-38-34(26-35)19-16-32-9-4-5-10-37(32)38;1-7-5-3-2-4-6-7/h1-14,16-17,19-26,47H,15,18,27-28H2,(H2,46,48);2-6H,1H3. The molecular weight excluding hydrogens is 683 g/mol. The molecule has 56 heavy (non-hydrogen) atoms. The summed E-state index contributed by atoms with van der Waals surface area (Å²) in [4.78, 5) is 4.81. The van der Waals surface area contributed by atoms with Crippen molar-refractivity contribution in [2.75, 3.05) is 6.54 Å². The first-order chi connectivity index (χ1) is 27.6. The Kier molecular flexibility index (Phi) is 9.61. The summed E-state index contributed by atoms with van der Waals surface area (Å²) in [6.45, 7) is 3.32. The van der Waals surface area contributed by atoms with Gasteiger partial charge in [0, 0.05) is 23.0 Å². The molecule has 0 bridgehead atoms. The lowest BCUT2D eigenvalue weighted by molar-refractivity contribution is 0.668. The predicted octanol–water partition coefficient (Wildman–Crippen LogP) is 12.6. The number of dihydropyridines is 1. The molecule has 2 heterocycles. The molecule has 0 radical (unpaired) electrons. The zero-order chi connectivity index (χ0) is 37.8. The Balaban J connectivity index is 0.000000530. The van der Waals surface area contributed by atoms with Gasteiger partial charge in [0.15, 0.2) is 0 Å². The van der Waals surface area contributed by atoms with Crippen molar-refractivity contribution >= 4 is 66.2 Å². The Morgan fingerprint density at radius 2 is 1.38 bits per heavy atom. The molecule has 0 atom stereocenters. The van der Waals surface area contributed by atoms with Gasteiger partial charge in [0.1, 0.15) is 17.0 Å². The maximum Gasteiger partial charge on any atom is 0.136 e. The molecule has 1 aliphatic heterocycles. The van der Waals surface area contributed by atoms with Crippen LogP contribution in [0.15, 0.2) is 191 Å². The minimum Gasteiger partial charge on any atom is -0.456 e. The third-order valence-electron chi connectivity index (χ3n) is 10.9. The summed E-state index contributed by atoms with van der Waals surface area (Å²) in [5.74, 6) is 0.613. The summed E-state index contributed by atoms with van der Waals surface area (Å²) in [7, 11) is 0. The molecule has 3 N–H and O–H groups in total. The number of nitrogens with zero attached hydrogens (tertiary/aromatic N) is 1. The molecular formula is C52H43N3O. The van der Waals surface area contributed by atoms with Crippen molar-refractivity contribution in [3.63, 3.8) is 0 Å². The van der Waals surface area contributed by atoms with Crippen molar-refractivity contribution in [1.29, 1.82) is 0 Å². The molecule has 0 amide bonds. The topological polar surface area (TPSA) is 63.5 Å². The first kappa shape index (κ1) is 34.8. The molecule has 0 unspecified atom stereocenters. The van der Waals surface area contributed by atoms with Gasteiger partial charge in [0.05, 0.1) is 6.54 Å². The summed E-state index contributed by atoms with van der Waals surface area (Å²) in [5.41, 5.74) is 19.1.